The van der Waals surface area contributed by atoms with Crippen molar-refractivity contribution < 1.29 is 18.5 Å². The van der Waals surface area contributed by atoms with Gasteiger partial charge in [0.1, 0.15) is 11.3 Å². The molecule has 3 aromatic rings. The van der Waals surface area contributed by atoms with Crippen LogP contribution in [0.15, 0.2) is 30.3 Å². The summed E-state index contributed by atoms with van der Waals surface area (Å²) in [5.41, 5.74) is -0.424. The fourth-order valence-corrected chi connectivity index (χ4v) is 3.81. The van der Waals surface area contributed by atoms with Crippen LogP contribution in [0.5, 0.6) is 0 Å². The number of nitro groups is 1. The van der Waals surface area contributed by atoms with Gasteiger partial charge in [-0.25, -0.2) is 13.8 Å². The minimum atomic E-state index is -0.837. The van der Waals surface area contributed by atoms with Crippen molar-refractivity contribution in [3.8, 4) is 0 Å². The lowest BCUT2D eigenvalue weighted by atomic mass is 10.1. The first-order chi connectivity index (χ1) is 13.7. The van der Waals surface area contributed by atoms with Crippen LogP contribution in [-0.2, 0) is 0 Å². The summed E-state index contributed by atoms with van der Waals surface area (Å²) in [4.78, 5) is 30.9. The van der Waals surface area contributed by atoms with Crippen LogP contribution >= 0.6 is 35.3 Å². The number of anilines is 1. The van der Waals surface area contributed by atoms with Crippen molar-refractivity contribution in [2.24, 2.45) is 0 Å². The van der Waals surface area contributed by atoms with Crippen molar-refractivity contribution in [1.82, 2.24) is 9.88 Å². The maximum atomic E-state index is 14.1. The Morgan fingerprint density at radius 1 is 1.23 bits per heavy atom. The van der Waals surface area contributed by atoms with Crippen molar-refractivity contribution in [2.75, 3.05) is 32.1 Å². The van der Waals surface area contributed by atoms with E-state index in [0.29, 0.717) is 6.54 Å². The third-order valence-electron chi connectivity index (χ3n) is 4.04. The molecule has 12 heteroatoms. The van der Waals surface area contributed by atoms with Gasteiger partial charge >= 0.3 is 0 Å². The summed E-state index contributed by atoms with van der Waals surface area (Å²) in [5.74, 6) is -2.21. The summed E-state index contributed by atoms with van der Waals surface area (Å²) in [5, 5.41) is 11.2. The minimum absolute atomic E-state index is 0. The number of rotatable bonds is 6. The Labute approximate surface area is 185 Å². The topological polar surface area (TPSA) is 79.6 Å². The summed E-state index contributed by atoms with van der Waals surface area (Å²) in [6.07, 6.45) is 0. The number of benzene rings is 2. The van der Waals surface area contributed by atoms with E-state index in [4.69, 9.17) is 11.6 Å². The molecule has 3 rings (SSSR count). The summed E-state index contributed by atoms with van der Waals surface area (Å²) >= 11 is 7.05. The molecule has 0 aliphatic heterocycles. The van der Waals surface area contributed by atoms with E-state index in [-0.39, 0.29) is 50.6 Å². The Kier molecular flexibility index (Phi) is 7.64. The first kappa shape index (κ1) is 23.9. The minimum Gasteiger partial charge on any atom is -0.308 e. The molecule has 0 saturated heterocycles. The molecule has 0 radical (unpaired) electrons. The molecule has 0 unspecified atom stereocenters. The van der Waals surface area contributed by atoms with Gasteiger partial charge in [-0.2, -0.15) is 0 Å². The van der Waals surface area contributed by atoms with E-state index < -0.39 is 22.5 Å². The summed E-state index contributed by atoms with van der Waals surface area (Å²) in [7, 11) is 3.60. The van der Waals surface area contributed by atoms with Crippen molar-refractivity contribution >= 4 is 62.3 Å². The lowest BCUT2D eigenvalue weighted by Crippen LogP contribution is -2.37. The Morgan fingerprint density at radius 3 is 2.57 bits per heavy atom. The zero-order chi connectivity index (χ0) is 21.3. The van der Waals surface area contributed by atoms with Crippen LogP contribution in [-0.4, -0.2) is 47.9 Å². The number of amides is 1. The molecule has 30 heavy (non-hydrogen) atoms. The van der Waals surface area contributed by atoms with Crippen LogP contribution in [0.1, 0.15) is 10.4 Å². The number of hydrogen-bond donors (Lipinski definition) is 0. The molecule has 0 spiro atoms. The highest BCUT2D eigenvalue weighted by atomic mass is 35.5. The highest BCUT2D eigenvalue weighted by Crippen LogP contribution is 2.33. The van der Waals surface area contributed by atoms with Crippen molar-refractivity contribution in [3.63, 3.8) is 0 Å². The molecule has 0 N–H and O–H groups in total. The predicted molar refractivity (Wildman–Crippen MR) is 115 cm³/mol. The van der Waals surface area contributed by atoms with E-state index in [1.165, 1.54) is 17.0 Å². The van der Waals surface area contributed by atoms with Gasteiger partial charge in [0, 0.05) is 31.3 Å². The molecule has 0 aliphatic rings. The number of thiazole rings is 1. The second-order valence-electron chi connectivity index (χ2n) is 6.41. The van der Waals surface area contributed by atoms with Crippen LogP contribution in [0.3, 0.4) is 0 Å². The number of fused-ring (bicyclic) bond motifs is 1. The maximum Gasteiger partial charge on any atom is 0.270 e. The molecule has 1 aromatic heterocycles. The average molecular weight is 477 g/mol. The SMILES string of the molecule is CN(C)CCN(C(=O)c1cc([N+](=O)[O-])ccc1Cl)c1nc2c(F)cc(F)cc2s1.Cl. The van der Waals surface area contributed by atoms with Crippen LogP contribution in [0.2, 0.25) is 5.02 Å². The standard InChI is InChI=1S/C18H15ClF2N4O3S.ClH/c1-23(2)5-6-24(17(26)12-9-11(25(27)28)3-4-13(12)19)18-22-16-14(21)7-10(20)8-15(16)29-18;/h3-4,7-9H,5-6H2,1-2H3;1H. The zero-order valence-electron chi connectivity index (χ0n) is 15.8. The van der Waals surface area contributed by atoms with Crippen molar-refractivity contribution in [3.05, 3.63) is 62.7 Å². The average Bonchev–Trinajstić information content (AvgIpc) is 3.05. The Morgan fingerprint density at radius 2 is 1.93 bits per heavy atom. The highest BCUT2D eigenvalue weighted by Gasteiger charge is 2.26. The van der Waals surface area contributed by atoms with Gasteiger partial charge in [0.15, 0.2) is 10.9 Å². The Bertz CT molecular complexity index is 1110. The van der Waals surface area contributed by atoms with Gasteiger partial charge in [-0.1, -0.05) is 22.9 Å². The first-order valence-corrected chi connectivity index (χ1v) is 9.53. The molecule has 2 aromatic carbocycles. The molecule has 0 bridgehead atoms. The van der Waals surface area contributed by atoms with E-state index in [9.17, 15) is 23.7 Å². The predicted octanol–water partition coefficient (Wildman–Crippen LogP) is 4.77. The quantitative estimate of drug-likeness (QED) is 0.378. The van der Waals surface area contributed by atoms with E-state index >= 15 is 0 Å². The Hall–Kier alpha value is -2.40. The molecular weight excluding hydrogens is 461 g/mol. The summed E-state index contributed by atoms with van der Waals surface area (Å²) < 4.78 is 27.8. The summed E-state index contributed by atoms with van der Waals surface area (Å²) in [6, 6.07) is 5.40. The third kappa shape index (κ3) is 5.01. The largest absolute Gasteiger partial charge is 0.308 e. The summed E-state index contributed by atoms with van der Waals surface area (Å²) in [6.45, 7) is 0.597. The molecule has 1 amide bonds. The lowest BCUT2D eigenvalue weighted by molar-refractivity contribution is -0.384. The number of halogens is 4. The van der Waals surface area contributed by atoms with E-state index in [1.807, 2.05) is 4.90 Å². The van der Waals surface area contributed by atoms with Gasteiger partial charge < -0.3 is 4.90 Å². The number of hydrogen-bond acceptors (Lipinski definition) is 6. The maximum absolute atomic E-state index is 14.1. The molecule has 0 aliphatic carbocycles. The number of non-ortho nitro benzene ring substituents is 1. The normalized spacial score (nSPS) is 10.9. The van der Waals surface area contributed by atoms with Gasteiger partial charge in [-0.3, -0.25) is 19.8 Å². The van der Waals surface area contributed by atoms with Crippen LogP contribution in [0.25, 0.3) is 10.2 Å². The van der Waals surface area contributed by atoms with Gasteiger partial charge in [0.25, 0.3) is 11.6 Å². The third-order valence-corrected chi connectivity index (χ3v) is 5.39. The molecule has 1 heterocycles. The molecule has 160 valence electrons. The number of carbonyl (C=O) groups excluding carboxylic acids is 1. The van der Waals surface area contributed by atoms with Crippen molar-refractivity contribution in [2.45, 2.75) is 0 Å². The molecule has 0 saturated carbocycles. The fraction of sp³-hybridized carbons (Fsp3) is 0.222. The van der Waals surface area contributed by atoms with Gasteiger partial charge in [-0.15, -0.1) is 12.4 Å². The zero-order valence-corrected chi connectivity index (χ0v) is 18.2. The van der Waals surface area contributed by atoms with Crippen LogP contribution in [0, 0.1) is 21.7 Å². The van der Waals surface area contributed by atoms with Gasteiger partial charge in [0.05, 0.1) is 20.2 Å². The molecular formula is C18H16Cl2F2N4O3S. The molecule has 0 fully saturated rings. The molecule has 7 nitrogen and oxygen atoms in total. The van der Waals surface area contributed by atoms with E-state index in [0.717, 1.165) is 29.5 Å². The van der Waals surface area contributed by atoms with Gasteiger partial charge in [-0.05, 0) is 26.2 Å². The number of carbonyl (C=O) groups is 1. The smallest absolute Gasteiger partial charge is 0.270 e. The van der Waals surface area contributed by atoms with Gasteiger partial charge in [0.2, 0.25) is 0 Å². The van der Waals surface area contributed by atoms with Crippen molar-refractivity contribution in [1.29, 1.82) is 0 Å². The fourth-order valence-electron chi connectivity index (χ4n) is 2.58. The van der Waals surface area contributed by atoms with Crippen LogP contribution < -0.4 is 4.90 Å². The number of nitro benzene ring substituents is 1. The van der Waals surface area contributed by atoms with E-state index in [2.05, 4.69) is 4.98 Å². The number of likely N-dealkylation sites (N-methyl/N-ethyl adjacent to an activating group) is 1. The first-order valence-electron chi connectivity index (χ1n) is 8.33. The number of nitrogens with zero attached hydrogens (tertiary/aromatic N) is 4. The highest BCUT2D eigenvalue weighted by molar-refractivity contribution is 7.22. The second-order valence-corrected chi connectivity index (χ2v) is 7.83. The monoisotopic (exact) mass is 476 g/mol. The molecule has 0 atom stereocenters. The Balaban J connectivity index is 0.00000320. The van der Waals surface area contributed by atoms with Crippen LogP contribution in [0.4, 0.5) is 19.6 Å². The number of aromatic nitrogens is 1. The lowest BCUT2D eigenvalue weighted by Gasteiger charge is -2.22. The second kappa shape index (κ2) is 9.61. The van der Waals surface area contributed by atoms with E-state index in [1.54, 1.807) is 14.1 Å².